The van der Waals surface area contributed by atoms with Crippen LogP contribution in [0.5, 0.6) is 5.75 Å². The van der Waals surface area contributed by atoms with Crippen LogP contribution < -0.4 is 5.63 Å². The topological polar surface area (TPSA) is 50.4 Å². The molecular formula is C15H16O3. The van der Waals surface area contributed by atoms with Gasteiger partial charge in [0.25, 0.3) is 0 Å². The van der Waals surface area contributed by atoms with Crippen LogP contribution in [0, 0.1) is 0 Å². The molecule has 3 heteroatoms. The molecule has 0 atom stereocenters. The summed E-state index contributed by atoms with van der Waals surface area (Å²) in [6.45, 7) is 1.91. The Hall–Kier alpha value is -2.03. The Morgan fingerprint density at radius 3 is 2.56 bits per heavy atom. The van der Waals surface area contributed by atoms with Crippen LogP contribution in [0.4, 0.5) is 0 Å². The molecule has 0 radical (unpaired) electrons. The zero-order valence-electron chi connectivity index (χ0n) is 10.3. The Labute approximate surface area is 106 Å². The highest BCUT2D eigenvalue weighted by Crippen LogP contribution is 2.21. The molecular weight excluding hydrogens is 228 g/mol. The van der Waals surface area contributed by atoms with Gasteiger partial charge in [-0.3, -0.25) is 0 Å². The first-order valence-corrected chi connectivity index (χ1v) is 6.08. The molecule has 1 N–H and O–H groups in total. The second-order valence-corrected chi connectivity index (χ2v) is 4.21. The number of aryl methyl sites for hydroxylation is 2. The molecule has 0 saturated carbocycles. The van der Waals surface area contributed by atoms with Crippen molar-refractivity contribution in [1.82, 2.24) is 0 Å². The molecule has 2 rings (SSSR count). The number of benzene rings is 1. The van der Waals surface area contributed by atoms with E-state index < -0.39 is 5.63 Å². The standard InChI is InChI=1S/C15H16O3/c1-2-12-10-18-15(17)13(14(12)16)9-8-11-6-4-3-5-7-11/h3-7,10,16H,2,8-9H2,1H3. The molecule has 18 heavy (non-hydrogen) atoms. The highest BCUT2D eigenvalue weighted by molar-refractivity contribution is 5.36. The van der Waals surface area contributed by atoms with Crippen molar-refractivity contribution in [3.8, 4) is 5.75 Å². The predicted molar refractivity (Wildman–Crippen MR) is 69.9 cm³/mol. The van der Waals surface area contributed by atoms with E-state index in [1.807, 2.05) is 37.3 Å². The van der Waals surface area contributed by atoms with Gasteiger partial charge in [0.1, 0.15) is 12.0 Å². The lowest BCUT2D eigenvalue weighted by Crippen LogP contribution is -2.10. The van der Waals surface area contributed by atoms with Crippen molar-refractivity contribution in [3.63, 3.8) is 0 Å². The largest absolute Gasteiger partial charge is 0.507 e. The molecule has 0 aliphatic heterocycles. The van der Waals surface area contributed by atoms with Crippen LogP contribution in [0.2, 0.25) is 0 Å². The zero-order chi connectivity index (χ0) is 13.0. The Morgan fingerprint density at radius 1 is 1.17 bits per heavy atom. The monoisotopic (exact) mass is 244 g/mol. The Balaban J connectivity index is 2.22. The van der Waals surface area contributed by atoms with Crippen LogP contribution in [0.1, 0.15) is 23.6 Å². The quantitative estimate of drug-likeness (QED) is 0.899. The molecule has 1 aromatic heterocycles. The van der Waals surface area contributed by atoms with Gasteiger partial charge >= 0.3 is 5.63 Å². The van der Waals surface area contributed by atoms with Crippen molar-refractivity contribution in [2.75, 3.05) is 0 Å². The average Bonchev–Trinajstić information content (AvgIpc) is 2.40. The fourth-order valence-corrected chi connectivity index (χ4v) is 1.93. The minimum Gasteiger partial charge on any atom is -0.507 e. The fraction of sp³-hybridized carbons (Fsp3) is 0.267. The average molecular weight is 244 g/mol. The van der Waals surface area contributed by atoms with Crippen LogP contribution in [0.15, 0.2) is 45.8 Å². The van der Waals surface area contributed by atoms with Crippen molar-refractivity contribution < 1.29 is 9.52 Å². The van der Waals surface area contributed by atoms with E-state index >= 15 is 0 Å². The molecule has 0 saturated heterocycles. The van der Waals surface area contributed by atoms with Gasteiger partial charge in [-0.1, -0.05) is 37.3 Å². The van der Waals surface area contributed by atoms with Crippen LogP contribution >= 0.6 is 0 Å². The van der Waals surface area contributed by atoms with E-state index in [1.165, 1.54) is 6.26 Å². The summed E-state index contributed by atoms with van der Waals surface area (Å²) in [4.78, 5) is 11.6. The van der Waals surface area contributed by atoms with Crippen LogP contribution in [0.25, 0.3) is 0 Å². The van der Waals surface area contributed by atoms with E-state index in [-0.39, 0.29) is 5.75 Å². The van der Waals surface area contributed by atoms with Crippen LogP contribution in [0.3, 0.4) is 0 Å². The van der Waals surface area contributed by atoms with Crippen molar-refractivity contribution in [3.05, 3.63) is 63.7 Å². The molecule has 2 aromatic rings. The molecule has 94 valence electrons. The molecule has 1 aromatic carbocycles. The smallest absolute Gasteiger partial charge is 0.342 e. The molecule has 1 heterocycles. The summed E-state index contributed by atoms with van der Waals surface area (Å²) < 4.78 is 4.93. The predicted octanol–water partition coefficient (Wildman–Crippen LogP) is 2.69. The summed E-state index contributed by atoms with van der Waals surface area (Å²) in [7, 11) is 0. The number of rotatable bonds is 4. The van der Waals surface area contributed by atoms with Gasteiger partial charge in [-0.25, -0.2) is 4.79 Å². The SMILES string of the molecule is CCc1coc(=O)c(CCc2ccccc2)c1O. The summed E-state index contributed by atoms with van der Waals surface area (Å²) in [6, 6.07) is 9.87. The fourth-order valence-electron chi connectivity index (χ4n) is 1.93. The molecule has 0 fully saturated rings. The summed E-state index contributed by atoms with van der Waals surface area (Å²) in [5.41, 5.74) is 1.75. The first kappa shape index (κ1) is 12.4. The Morgan fingerprint density at radius 2 is 1.89 bits per heavy atom. The third-order valence-electron chi connectivity index (χ3n) is 3.03. The van der Waals surface area contributed by atoms with Gasteiger partial charge in [-0.05, 0) is 24.8 Å². The molecule has 0 aliphatic carbocycles. The molecule has 0 amide bonds. The minimum absolute atomic E-state index is 0.0877. The van der Waals surface area contributed by atoms with E-state index in [9.17, 15) is 9.90 Å². The maximum atomic E-state index is 11.6. The summed E-state index contributed by atoms with van der Waals surface area (Å²) in [5.74, 6) is 0.0877. The van der Waals surface area contributed by atoms with Gasteiger partial charge < -0.3 is 9.52 Å². The summed E-state index contributed by atoms with van der Waals surface area (Å²) >= 11 is 0. The van der Waals surface area contributed by atoms with E-state index in [2.05, 4.69) is 0 Å². The van der Waals surface area contributed by atoms with Crippen molar-refractivity contribution >= 4 is 0 Å². The van der Waals surface area contributed by atoms with Gasteiger partial charge in [-0.2, -0.15) is 0 Å². The van der Waals surface area contributed by atoms with E-state index in [0.29, 0.717) is 30.4 Å². The maximum absolute atomic E-state index is 11.6. The Kier molecular flexibility index (Phi) is 3.82. The third kappa shape index (κ3) is 2.62. The number of hydrogen-bond acceptors (Lipinski definition) is 3. The molecule has 0 unspecified atom stereocenters. The lowest BCUT2D eigenvalue weighted by molar-refractivity contribution is 0.425. The zero-order valence-corrected chi connectivity index (χ0v) is 10.3. The first-order chi connectivity index (χ1) is 8.72. The van der Waals surface area contributed by atoms with Gasteiger partial charge in [0.2, 0.25) is 0 Å². The van der Waals surface area contributed by atoms with Gasteiger partial charge in [0, 0.05) is 5.56 Å². The normalized spacial score (nSPS) is 10.5. The highest BCUT2D eigenvalue weighted by Gasteiger charge is 2.12. The second-order valence-electron chi connectivity index (χ2n) is 4.21. The summed E-state index contributed by atoms with van der Waals surface area (Å²) in [6.07, 6.45) is 3.19. The first-order valence-electron chi connectivity index (χ1n) is 6.08. The molecule has 0 spiro atoms. The third-order valence-corrected chi connectivity index (χ3v) is 3.03. The Bertz CT molecular complexity index is 570. The van der Waals surface area contributed by atoms with Crippen molar-refractivity contribution in [2.45, 2.75) is 26.2 Å². The van der Waals surface area contributed by atoms with Crippen molar-refractivity contribution in [1.29, 1.82) is 0 Å². The number of aromatic hydroxyl groups is 1. The second kappa shape index (κ2) is 5.54. The van der Waals surface area contributed by atoms with Crippen LogP contribution in [-0.2, 0) is 19.3 Å². The minimum atomic E-state index is -0.444. The maximum Gasteiger partial charge on any atom is 0.342 e. The summed E-state index contributed by atoms with van der Waals surface area (Å²) in [5, 5.41) is 9.99. The molecule has 0 aliphatic rings. The lowest BCUT2D eigenvalue weighted by atomic mass is 10.0. The lowest BCUT2D eigenvalue weighted by Gasteiger charge is -2.06. The van der Waals surface area contributed by atoms with Crippen LogP contribution in [-0.4, -0.2) is 5.11 Å². The van der Waals surface area contributed by atoms with E-state index in [4.69, 9.17) is 4.42 Å². The van der Waals surface area contributed by atoms with E-state index in [0.717, 1.165) is 5.56 Å². The number of hydrogen-bond donors (Lipinski definition) is 1. The van der Waals surface area contributed by atoms with Gasteiger partial charge in [0.05, 0.1) is 5.56 Å². The van der Waals surface area contributed by atoms with Crippen molar-refractivity contribution in [2.24, 2.45) is 0 Å². The highest BCUT2D eigenvalue weighted by atomic mass is 16.4. The molecule has 0 bridgehead atoms. The molecule has 3 nitrogen and oxygen atoms in total. The van der Waals surface area contributed by atoms with E-state index in [1.54, 1.807) is 0 Å². The van der Waals surface area contributed by atoms with Gasteiger partial charge in [-0.15, -0.1) is 0 Å². The van der Waals surface area contributed by atoms with Gasteiger partial charge in [0.15, 0.2) is 0 Å².